The van der Waals surface area contributed by atoms with Crippen LogP contribution in [-0.2, 0) is 0 Å². The van der Waals surface area contributed by atoms with Crippen LogP contribution in [0.1, 0.15) is 16.1 Å². The van der Waals surface area contributed by atoms with Gasteiger partial charge < -0.3 is 0 Å². The smallest absolute Gasteiger partial charge is 0.284 e. The highest BCUT2D eigenvalue weighted by molar-refractivity contribution is 9.10. The Bertz CT molecular complexity index is 718. The fourth-order valence-corrected chi connectivity index (χ4v) is 3.59. The number of carbonyl (C=O) groups is 1. The number of halogens is 1. The summed E-state index contributed by atoms with van der Waals surface area (Å²) >= 11 is 6.01. The maximum absolute atomic E-state index is 12.1. The van der Waals surface area contributed by atoms with E-state index in [1.807, 2.05) is 13.2 Å². The van der Waals surface area contributed by atoms with Crippen molar-refractivity contribution < 1.29 is 9.72 Å². The third-order valence-electron chi connectivity index (χ3n) is 2.56. The van der Waals surface area contributed by atoms with Gasteiger partial charge in [0.15, 0.2) is 5.13 Å². The van der Waals surface area contributed by atoms with Crippen molar-refractivity contribution in [3.63, 3.8) is 0 Å². The zero-order valence-corrected chi connectivity index (χ0v) is 14.3. The largest absolute Gasteiger partial charge is 0.298 e. The Labute approximate surface area is 137 Å². The van der Waals surface area contributed by atoms with Crippen LogP contribution in [0, 0.1) is 17.0 Å². The van der Waals surface area contributed by atoms with Crippen LogP contribution >= 0.6 is 39.0 Å². The molecule has 1 amide bonds. The maximum atomic E-state index is 12.1. The molecule has 0 fully saturated rings. The van der Waals surface area contributed by atoms with Gasteiger partial charge in [-0.05, 0) is 41.2 Å². The molecule has 0 saturated carbocycles. The van der Waals surface area contributed by atoms with E-state index in [1.54, 1.807) is 11.8 Å². The van der Waals surface area contributed by atoms with Gasteiger partial charge in [-0.25, -0.2) is 4.98 Å². The number of benzene rings is 1. The van der Waals surface area contributed by atoms with Gasteiger partial charge >= 0.3 is 0 Å². The fraction of sp³-hybridized carbons (Fsp3) is 0.167. The minimum atomic E-state index is -0.541. The van der Waals surface area contributed by atoms with Gasteiger partial charge in [-0.1, -0.05) is 11.3 Å². The number of thioether (sulfide) groups is 1. The third-order valence-corrected chi connectivity index (χ3v) is 5.52. The first kappa shape index (κ1) is 15.9. The number of nitrogens with zero attached hydrogens (tertiary/aromatic N) is 2. The summed E-state index contributed by atoms with van der Waals surface area (Å²) in [5.74, 6) is -0.424. The quantitative estimate of drug-likeness (QED) is 0.484. The molecule has 9 heteroatoms. The number of nitro benzene ring substituents is 1. The second-order valence-corrected chi connectivity index (χ2v) is 6.90. The summed E-state index contributed by atoms with van der Waals surface area (Å²) in [6.07, 6.45) is 1.93. The standard InChI is InChI=1S/C12H10BrN3O3S2/c1-6-11(20-2)21-12(14-6)15-10(17)7-3-4-8(13)9(5-7)16(18)19/h3-5H,1-2H3,(H,14,15,17). The summed E-state index contributed by atoms with van der Waals surface area (Å²) in [4.78, 5) is 26.7. The first-order chi connectivity index (χ1) is 9.92. The summed E-state index contributed by atoms with van der Waals surface area (Å²) < 4.78 is 1.35. The van der Waals surface area contributed by atoms with Crippen LogP contribution in [0.4, 0.5) is 10.8 Å². The minimum absolute atomic E-state index is 0.150. The number of aromatic nitrogens is 1. The predicted octanol–water partition coefficient (Wildman–Crippen LogP) is 4.10. The summed E-state index contributed by atoms with van der Waals surface area (Å²) in [7, 11) is 0. The molecule has 1 N–H and O–H groups in total. The first-order valence-corrected chi connectivity index (χ1v) is 8.52. The van der Waals surface area contributed by atoms with Gasteiger partial charge in [-0.2, -0.15) is 0 Å². The third kappa shape index (κ3) is 3.60. The molecule has 0 aliphatic carbocycles. The number of nitrogens with one attached hydrogen (secondary N) is 1. The van der Waals surface area contributed by atoms with Crippen molar-refractivity contribution in [2.75, 3.05) is 11.6 Å². The molecular weight excluding hydrogens is 378 g/mol. The molecule has 0 aliphatic heterocycles. The Morgan fingerprint density at radius 2 is 2.24 bits per heavy atom. The Morgan fingerprint density at radius 1 is 1.52 bits per heavy atom. The Hall–Kier alpha value is -1.45. The summed E-state index contributed by atoms with van der Waals surface area (Å²) in [6.45, 7) is 1.86. The van der Waals surface area contributed by atoms with E-state index >= 15 is 0 Å². The molecule has 0 bridgehead atoms. The predicted molar refractivity (Wildman–Crippen MR) is 87.4 cm³/mol. The van der Waals surface area contributed by atoms with Gasteiger partial charge in [0.2, 0.25) is 0 Å². The molecule has 1 heterocycles. The van der Waals surface area contributed by atoms with E-state index < -0.39 is 10.8 Å². The molecule has 1 aromatic carbocycles. The maximum Gasteiger partial charge on any atom is 0.284 e. The minimum Gasteiger partial charge on any atom is -0.298 e. The van der Waals surface area contributed by atoms with E-state index in [0.29, 0.717) is 9.60 Å². The first-order valence-electron chi connectivity index (χ1n) is 5.69. The molecule has 110 valence electrons. The number of rotatable bonds is 4. The van der Waals surface area contributed by atoms with Gasteiger partial charge in [0.25, 0.3) is 11.6 Å². The van der Waals surface area contributed by atoms with Crippen LogP contribution in [0.5, 0.6) is 0 Å². The number of nitro groups is 1. The summed E-state index contributed by atoms with van der Waals surface area (Å²) in [5.41, 5.74) is 0.913. The van der Waals surface area contributed by atoms with Crippen LogP contribution in [0.15, 0.2) is 26.9 Å². The zero-order valence-electron chi connectivity index (χ0n) is 11.0. The van der Waals surface area contributed by atoms with Crippen molar-refractivity contribution in [3.8, 4) is 0 Å². The Kier molecular flexibility index (Phi) is 4.96. The lowest BCUT2D eigenvalue weighted by molar-refractivity contribution is -0.385. The molecule has 0 unspecified atom stereocenters. The highest BCUT2D eigenvalue weighted by Crippen LogP contribution is 2.31. The molecule has 0 atom stereocenters. The van der Waals surface area contributed by atoms with E-state index in [2.05, 4.69) is 26.2 Å². The average Bonchev–Trinajstić information content (AvgIpc) is 2.78. The van der Waals surface area contributed by atoms with Crippen molar-refractivity contribution >= 4 is 55.8 Å². The van der Waals surface area contributed by atoms with E-state index in [1.165, 1.54) is 29.5 Å². The lowest BCUT2D eigenvalue weighted by Gasteiger charge is -2.02. The van der Waals surface area contributed by atoms with Crippen LogP contribution in [0.2, 0.25) is 0 Å². The van der Waals surface area contributed by atoms with Crippen molar-refractivity contribution in [2.45, 2.75) is 11.1 Å². The zero-order chi connectivity index (χ0) is 15.6. The lowest BCUT2D eigenvalue weighted by Crippen LogP contribution is -2.12. The van der Waals surface area contributed by atoms with Crippen molar-refractivity contribution in [3.05, 3.63) is 44.0 Å². The molecule has 0 spiro atoms. The second kappa shape index (κ2) is 6.54. The van der Waals surface area contributed by atoms with Gasteiger partial charge in [0, 0.05) is 11.6 Å². The number of anilines is 1. The van der Waals surface area contributed by atoms with E-state index in [0.717, 1.165) is 9.90 Å². The number of thiazole rings is 1. The molecule has 6 nitrogen and oxygen atoms in total. The van der Waals surface area contributed by atoms with Crippen LogP contribution < -0.4 is 5.32 Å². The summed E-state index contributed by atoms with van der Waals surface area (Å²) in [5, 5.41) is 14.0. The summed E-state index contributed by atoms with van der Waals surface area (Å²) in [6, 6.07) is 4.23. The van der Waals surface area contributed by atoms with E-state index in [9.17, 15) is 14.9 Å². The lowest BCUT2D eigenvalue weighted by atomic mass is 10.2. The number of carbonyl (C=O) groups excluding carboxylic acids is 1. The van der Waals surface area contributed by atoms with Crippen molar-refractivity contribution in [2.24, 2.45) is 0 Å². The SMILES string of the molecule is CSc1sc(NC(=O)c2ccc(Br)c([N+](=O)[O-])c2)nc1C. The molecule has 21 heavy (non-hydrogen) atoms. The second-order valence-electron chi connectivity index (χ2n) is 3.97. The van der Waals surface area contributed by atoms with Crippen LogP contribution in [0.3, 0.4) is 0 Å². The van der Waals surface area contributed by atoms with Crippen LogP contribution in [0.25, 0.3) is 0 Å². The van der Waals surface area contributed by atoms with Crippen molar-refractivity contribution in [1.29, 1.82) is 0 Å². The Balaban J connectivity index is 2.24. The Morgan fingerprint density at radius 3 is 2.81 bits per heavy atom. The molecular formula is C12H10BrN3O3S2. The molecule has 2 aromatic rings. The van der Waals surface area contributed by atoms with Gasteiger partial charge in [-0.3, -0.25) is 20.2 Å². The molecule has 2 rings (SSSR count). The highest BCUT2D eigenvalue weighted by atomic mass is 79.9. The van der Waals surface area contributed by atoms with E-state index in [4.69, 9.17) is 0 Å². The fourth-order valence-electron chi connectivity index (χ4n) is 1.59. The molecule has 1 aromatic heterocycles. The molecule has 0 radical (unpaired) electrons. The van der Waals surface area contributed by atoms with Gasteiger partial charge in [0.1, 0.15) is 0 Å². The monoisotopic (exact) mass is 387 g/mol. The highest BCUT2D eigenvalue weighted by Gasteiger charge is 2.17. The normalized spacial score (nSPS) is 10.4. The number of amides is 1. The average molecular weight is 388 g/mol. The van der Waals surface area contributed by atoms with Gasteiger partial charge in [0.05, 0.1) is 19.3 Å². The number of aryl methyl sites for hydroxylation is 1. The van der Waals surface area contributed by atoms with Crippen molar-refractivity contribution in [1.82, 2.24) is 4.98 Å². The molecule has 0 aliphatic rings. The number of hydrogen-bond acceptors (Lipinski definition) is 6. The topological polar surface area (TPSA) is 85.1 Å². The van der Waals surface area contributed by atoms with Gasteiger partial charge in [-0.15, -0.1) is 11.8 Å². The number of hydrogen-bond donors (Lipinski definition) is 1. The van der Waals surface area contributed by atoms with Crippen LogP contribution in [-0.4, -0.2) is 22.1 Å². The molecule has 0 saturated heterocycles. The van der Waals surface area contributed by atoms with E-state index in [-0.39, 0.29) is 11.3 Å².